The van der Waals surface area contributed by atoms with E-state index < -0.39 is 11.7 Å². The molecule has 0 atom stereocenters. The van der Waals surface area contributed by atoms with Crippen molar-refractivity contribution in [3.8, 4) is 5.75 Å². The van der Waals surface area contributed by atoms with Crippen LogP contribution in [0.5, 0.6) is 5.75 Å². The average molecular weight is 322 g/mol. The number of benzene rings is 3. The third kappa shape index (κ3) is 3.76. The summed E-state index contributed by atoms with van der Waals surface area (Å²) in [7, 11) is 0. The minimum atomic E-state index is -0.510. The molecule has 24 heavy (non-hydrogen) atoms. The lowest BCUT2D eigenvalue weighted by Crippen LogP contribution is -2.24. The van der Waals surface area contributed by atoms with Gasteiger partial charge in [0.1, 0.15) is 0 Å². The zero-order valence-electron chi connectivity index (χ0n) is 12.8. The molecule has 0 heterocycles. The van der Waals surface area contributed by atoms with Crippen molar-refractivity contribution in [3.05, 3.63) is 78.1 Å². The molecule has 0 fully saturated rings. The van der Waals surface area contributed by atoms with Gasteiger partial charge in [0.15, 0.2) is 18.2 Å². The first-order valence-corrected chi connectivity index (χ1v) is 7.41. The standard InChI is InChI=1S/C19H15FN2O2/c20-17-10-3-4-11-18(17)24-13-19(23)22-21-12-15-8-5-7-14-6-1-2-9-16(14)15/h1-12H,13H2,(H,22,23)/b21-12+. The summed E-state index contributed by atoms with van der Waals surface area (Å²) in [5.41, 5.74) is 3.26. The van der Waals surface area contributed by atoms with E-state index in [0.717, 1.165) is 16.3 Å². The number of hydrogen-bond acceptors (Lipinski definition) is 3. The van der Waals surface area contributed by atoms with Crippen LogP contribution in [0.15, 0.2) is 71.8 Å². The number of hydrazone groups is 1. The van der Waals surface area contributed by atoms with Gasteiger partial charge in [-0.25, -0.2) is 9.82 Å². The number of carbonyl (C=O) groups is 1. The van der Waals surface area contributed by atoms with Gasteiger partial charge in [0, 0.05) is 5.56 Å². The van der Waals surface area contributed by atoms with Crippen molar-refractivity contribution in [2.24, 2.45) is 5.10 Å². The molecular formula is C19H15FN2O2. The van der Waals surface area contributed by atoms with Gasteiger partial charge in [0.25, 0.3) is 5.91 Å². The van der Waals surface area contributed by atoms with Crippen LogP contribution in [0.2, 0.25) is 0 Å². The molecule has 0 saturated carbocycles. The second kappa shape index (κ2) is 7.37. The van der Waals surface area contributed by atoms with E-state index in [4.69, 9.17) is 4.74 Å². The molecule has 0 spiro atoms. The molecule has 5 heteroatoms. The Labute approximate surface area is 138 Å². The fourth-order valence-corrected chi connectivity index (χ4v) is 2.27. The van der Waals surface area contributed by atoms with Crippen molar-refractivity contribution in [2.45, 2.75) is 0 Å². The van der Waals surface area contributed by atoms with Crippen LogP contribution in [0.1, 0.15) is 5.56 Å². The zero-order chi connectivity index (χ0) is 16.8. The Morgan fingerprint density at radius 1 is 1.04 bits per heavy atom. The third-order valence-corrected chi connectivity index (χ3v) is 3.41. The normalized spacial score (nSPS) is 10.9. The first-order valence-electron chi connectivity index (χ1n) is 7.41. The van der Waals surface area contributed by atoms with Crippen molar-refractivity contribution < 1.29 is 13.9 Å². The summed E-state index contributed by atoms with van der Waals surface area (Å²) in [5, 5.41) is 6.06. The second-order valence-electron chi connectivity index (χ2n) is 5.08. The summed E-state index contributed by atoms with van der Waals surface area (Å²) in [6.45, 7) is -0.312. The SMILES string of the molecule is O=C(COc1ccccc1F)N/N=C/c1cccc2ccccc12. The van der Waals surface area contributed by atoms with Gasteiger partial charge >= 0.3 is 0 Å². The van der Waals surface area contributed by atoms with E-state index >= 15 is 0 Å². The van der Waals surface area contributed by atoms with Crippen LogP contribution in [0, 0.1) is 5.82 Å². The quantitative estimate of drug-likeness (QED) is 0.577. The number of carbonyl (C=O) groups excluding carboxylic acids is 1. The number of nitrogens with one attached hydrogen (secondary N) is 1. The highest BCUT2D eigenvalue weighted by Crippen LogP contribution is 2.17. The van der Waals surface area contributed by atoms with Crippen LogP contribution in [0.4, 0.5) is 4.39 Å². The smallest absolute Gasteiger partial charge is 0.277 e. The van der Waals surface area contributed by atoms with Crippen molar-refractivity contribution in [2.75, 3.05) is 6.61 Å². The van der Waals surface area contributed by atoms with E-state index in [2.05, 4.69) is 10.5 Å². The zero-order valence-corrected chi connectivity index (χ0v) is 12.8. The largest absolute Gasteiger partial charge is 0.481 e. The molecule has 120 valence electrons. The summed E-state index contributed by atoms with van der Waals surface area (Å²) in [6, 6.07) is 19.7. The molecule has 0 unspecified atom stereocenters. The highest BCUT2D eigenvalue weighted by Gasteiger charge is 2.05. The summed E-state index contributed by atoms with van der Waals surface area (Å²) >= 11 is 0. The van der Waals surface area contributed by atoms with Gasteiger partial charge in [0.2, 0.25) is 0 Å². The highest BCUT2D eigenvalue weighted by molar-refractivity contribution is 5.99. The third-order valence-electron chi connectivity index (χ3n) is 3.41. The number of halogens is 1. The van der Waals surface area contributed by atoms with Gasteiger partial charge in [-0.3, -0.25) is 4.79 Å². The lowest BCUT2D eigenvalue weighted by Gasteiger charge is -2.05. The molecule has 1 N–H and O–H groups in total. The molecule has 0 aliphatic carbocycles. The van der Waals surface area contributed by atoms with Crippen molar-refractivity contribution >= 4 is 22.9 Å². The molecule has 0 bridgehead atoms. The van der Waals surface area contributed by atoms with E-state index in [9.17, 15) is 9.18 Å². The predicted molar refractivity (Wildman–Crippen MR) is 91.6 cm³/mol. The number of nitrogens with zero attached hydrogens (tertiary/aromatic N) is 1. The average Bonchev–Trinajstić information content (AvgIpc) is 2.61. The molecular weight excluding hydrogens is 307 g/mol. The summed E-state index contributed by atoms with van der Waals surface area (Å²) in [6.07, 6.45) is 1.57. The van der Waals surface area contributed by atoms with Crippen molar-refractivity contribution in [3.63, 3.8) is 0 Å². The van der Waals surface area contributed by atoms with Gasteiger partial charge in [0.05, 0.1) is 6.21 Å². The van der Waals surface area contributed by atoms with Crippen LogP contribution in [-0.2, 0) is 4.79 Å². The van der Waals surface area contributed by atoms with E-state index in [0.29, 0.717) is 0 Å². The Balaban J connectivity index is 1.59. The first-order chi connectivity index (χ1) is 11.7. The lowest BCUT2D eigenvalue weighted by atomic mass is 10.1. The fraction of sp³-hybridized carbons (Fsp3) is 0.0526. The van der Waals surface area contributed by atoms with Gasteiger partial charge in [-0.15, -0.1) is 0 Å². The Kier molecular flexibility index (Phi) is 4.81. The Morgan fingerprint density at radius 2 is 1.79 bits per heavy atom. The van der Waals surface area contributed by atoms with E-state index in [1.54, 1.807) is 18.3 Å². The van der Waals surface area contributed by atoms with E-state index in [1.165, 1.54) is 12.1 Å². The maximum atomic E-state index is 13.4. The van der Waals surface area contributed by atoms with Crippen LogP contribution in [-0.4, -0.2) is 18.7 Å². The van der Waals surface area contributed by atoms with Crippen LogP contribution >= 0.6 is 0 Å². The predicted octanol–water partition coefficient (Wildman–Crippen LogP) is 3.51. The van der Waals surface area contributed by atoms with Gasteiger partial charge < -0.3 is 4.74 Å². The summed E-state index contributed by atoms with van der Waals surface area (Å²) < 4.78 is 18.5. The number of para-hydroxylation sites is 1. The van der Waals surface area contributed by atoms with Crippen LogP contribution < -0.4 is 10.2 Å². The lowest BCUT2D eigenvalue weighted by molar-refractivity contribution is -0.123. The minimum Gasteiger partial charge on any atom is -0.481 e. The molecule has 1 amide bonds. The molecule has 3 rings (SSSR count). The maximum absolute atomic E-state index is 13.4. The molecule has 0 radical (unpaired) electrons. The molecule has 0 saturated heterocycles. The maximum Gasteiger partial charge on any atom is 0.277 e. The van der Waals surface area contributed by atoms with E-state index in [1.807, 2.05) is 42.5 Å². The molecule has 3 aromatic carbocycles. The van der Waals surface area contributed by atoms with Crippen LogP contribution in [0.3, 0.4) is 0 Å². The highest BCUT2D eigenvalue weighted by atomic mass is 19.1. The van der Waals surface area contributed by atoms with E-state index in [-0.39, 0.29) is 12.4 Å². The number of rotatable bonds is 5. The topological polar surface area (TPSA) is 50.7 Å². The number of fused-ring (bicyclic) bond motifs is 1. The minimum absolute atomic E-state index is 0.0330. The van der Waals surface area contributed by atoms with Crippen LogP contribution in [0.25, 0.3) is 10.8 Å². The molecule has 3 aromatic rings. The monoisotopic (exact) mass is 322 g/mol. The molecule has 0 aliphatic heterocycles. The fourth-order valence-electron chi connectivity index (χ4n) is 2.27. The summed E-state index contributed by atoms with van der Waals surface area (Å²) in [4.78, 5) is 11.7. The number of ether oxygens (including phenoxy) is 1. The summed E-state index contributed by atoms with van der Waals surface area (Å²) in [5.74, 6) is -0.940. The van der Waals surface area contributed by atoms with Gasteiger partial charge in [-0.05, 0) is 22.9 Å². The van der Waals surface area contributed by atoms with Crippen molar-refractivity contribution in [1.29, 1.82) is 0 Å². The molecule has 0 aliphatic rings. The second-order valence-corrected chi connectivity index (χ2v) is 5.08. The Hall–Kier alpha value is -3.21. The Bertz CT molecular complexity index is 888. The van der Waals surface area contributed by atoms with Crippen molar-refractivity contribution in [1.82, 2.24) is 5.43 Å². The number of amides is 1. The molecule has 4 nitrogen and oxygen atoms in total. The molecule has 0 aromatic heterocycles. The number of hydrogen-bond donors (Lipinski definition) is 1. The van der Waals surface area contributed by atoms with Gasteiger partial charge in [-0.1, -0.05) is 54.6 Å². The first kappa shape index (κ1) is 15.7. The van der Waals surface area contributed by atoms with Gasteiger partial charge in [-0.2, -0.15) is 5.10 Å². The Morgan fingerprint density at radius 3 is 2.67 bits per heavy atom.